The predicted molar refractivity (Wildman–Crippen MR) is 98.3 cm³/mol. The maximum absolute atomic E-state index is 12.4. The van der Waals surface area contributed by atoms with Gasteiger partial charge in [-0.1, -0.05) is 40.2 Å². The molecule has 0 radical (unpaired) electrons. The summed E-state index contributed by atoms with van der Waals surface area (Å²) in [6, 6.07) is 15.6. The van der Waals surface area contributed by atoms with Crippen LogP contribution in [0.1, 0.15) is 12.8 Å². The Labute approximate surface area is 150 Å². The van der Waals surface area contributed by atoms with Gasteiger partial charge < -0.3 is 5.32 Å². The van der Waals surface area contributed by atoms with Crippen LogP contribution in [0, 0.1) is 0 Å². The first-order valence-electron chi connectivity index (χ1n) is 7.46. The minimum Gasteiger partial charge on any atom is -0.326 e. The molecule has 24 heavy (non-hydrogen) atoms. The first-order chi connectivity index (χ1) is 11.4. The molecule has 5 nitrogen and oxygen atoms in total. The van der Waals surface area contributed by atoms with Crippen molar-refractivity contribution in [2.24, 2.45) is 0 Å². The molecular formula is C17H19BrN2O3S. The summed E-state index contributed by atoms with van der Waals surface area (Å²) in [6.45, 7) is 0.281. The second kappa shape index (κ2) is 8.41. The SMILES string of the molecule is CN(CCCC(=O)Nc1cccc(Br)c1)S(=O)(=O)c1ccccc1. The quantitative estimate of drug-likeness (QED) is 0.759. The number of nitrogens with zero attached hydrogens (tertiary/aromatic N) is 1. The van der Waals surface area contributed by atoms with Crippen LogP contribution in [0.15, 0.2) is 64.0 Å². The van der Waals surface area contributed by atoms with Gasteiger partial charge in [0.25, 0.3) is 0 Å². The Morgan fingerprint density at radius 3 is 2.50 bits per heavy atom. The summed E-state index contributed by atoms with van der Waals surface area (Å²) in [6.07, 6.45) is 0.698. The van der Waals surface area contributed by atoms with E-state index in [9.17, 15) is 13.2 Å². The van der Waals surface area contributed by atoms with Gasteiger partial charge >= 0.3 is 0 Å². The van der Waals surface area contributed by atoms with Crippen molar-refractivity contribution in [2.75, 3.05) is 18.9 Å². The third-order valence-corrected chi connectivity index (χ3v) is 5.80. The molecule has 0 spiro atoms. The molecule has 2 rings (SSSR count). The predicted octanol–water partition coefficient (Wildman–Crippen LogP) is 3.49. The molecule has 0 fully saturated rings. The third-order valence-electron chi connectivity index (χ3n) is 3.44. The molecular weight excluding hydrogens is 392 g/mol. The molecule has 0 atom stereocenters. The molecule has 0 bridgehead atoms. The Morgan fingerprint density at radius 1 is 1.12 bits per heavy atom. The number of benzene rings is 2. The zero-order valence-electron chi connectivity index (χ0n) is 13.3. The van der Waals surface area contributed by atoms with Crippen molar-refractivity contribution in [1.82, 2.24) is 4.31 Å². The minimum atomic E-state index is -3.51. The van der Waals surface area contributed by atoms with Gasteiger partial charge in [0.2, 0.25) is 15.9 Å². The van der Waals surface area contributed by atoms with E-state index in [1.807, 2.05) is 18.2 Å². The van der Waals surface area contributed by atoms with Gasteiger partial charge in [-0.05, 0) is 36.8 Å². The lowest BCUT2D eigenvalue weighted by Gasteiger charge is -2.17. The highest BCUT2D eigenvalue weighted by Gasteiger charge is 2.20. The normalized spacial score (nSPS) is 11.5. The lowest BCUT2D eigenvalue weighted by atomic mass is 10.2. The van der Waals surface area contributed by atoms with E-state index in [0.29, 0.717) is 12.1 Å². The molecule has 2 aromatic carbocycles. The molecule has 0 unspecified atom stereocenters. The molecule has 0 aliphatic carbocycles. The van der Waals surface area contributed by atoms with Crippen LogP contribution in [-0.2, 0) is 14.8 Å². The molecule has 1 amide bonds. The largest absolute Gasteiger partial charge is 0.326 e. The molecule has 2 aromatic rings. The van der Waals surface area contributed by atoms with Gasteiger partial charge in [-0.25, -0.2) is 12.7 Å². The van der Waals surface area contributed by atoms with Crippen molar-refractivity contribution in [1.29, 1.82) is 0 Å². The molecule has 0 saturated carbocycles. The number of rotatable bonds is 7. The number of hydrogen-bond acceptors (Lipinski definition) is 3. The molecule has 0 aliphatic rings. The summed E-state index contributed by atoms with van der Waals surface area (Å²) in [5.41, 5.74) is 0.708. The van der Waals surface area contributed by atoms with Gasteiger partial charge in [-0.3, -0.25) is 4.79 Å². The third kappa shape index (κ3) is 5.15. The zero-order chi connectivity index (χ0) is 17.6. The number of carbonyl (C=O) groups is 1. The lowest BCUT2D eigenvalue weighted by molar-refractivity contribution is -0.116. The van der Waals surface area contributed by atoms with Crippen molar-refractivity contribution >= 4 is 37.5 Å². The van der Waals surface area contributed by atoms with Gasteiger partial charge in [0.15, 0.2) is 0 Å². The van der Waals surface area contributed by atoms with Gasteiger partial charge in [0.1, 0.15) is 0 Å². The summed E-state index contributed by atoms with van der Waals surface area (Å²) in [4.78, 5) is 12.2. The van der Waals surface area contributed by atoms with Crippen LogP contribution in [0.2, 0.25) is 0 Å². The van der Waals surface area contributed by atoms with Crippen molar-refractivity contribution in [3.8, 4) is 0 Å². The fourth-order valence-electron chi connectivity index (χ4n) is 2.14. The van der Waals surface area contributed by atoms with E-state index < -0.39 is 10.0 Å². The zero-order valence-corrected chi connectivity index (χ0v) is 15.7. The second-order valence-corrected chi connectivity index (χ2v) is 8.26. The Balaban J connectivity index is 1.84. The summed E-state index contributed by atoms with van der Waals surface area (Å²) in [5, 5.41) is 2.79. The monoisotopic (exact) mass is 410 g/mol. The first-order valence-corrected chi connectivity index (χ1v) is 9.70. The van der Waals surface area contributed by atoms with Gasteiger partial charge in [0.05, 0.1) is 4.90 Å². The molecule has 0 aromatic heterocycles. The molecule has 128 valence electrons. The number of hydrogen-bond donors (Lipinski definition) is 1. The average molecular weight is 411 g/mol. The maximum atomic E-state index is 12.4. The Morgan fingerprint density at radius 2 is 1.83 bits per heavy atom. The molecule has 0 aliphatic heterocycles. The van der Waals surface area contributed by atoms with Crippen LogP contribution in [0.3, 0.4) is 0 Å². The second-order valence-electron chi connectivity index (χ2n) is 5.30. The fraction of sp³-hybridized carbons (Fsp3) is 0.235. The van der Waals surface area contributed by atoms with E-state index in [4.69, 9.17) is 0 Å². The Kier molecular flexibility index (Phi) is 6.53. The topological polar surface area (TPSA) is 66.5 Å². The highest BCUT2D eigenvalue weighted by molar-refractivity contribution is 9.10. The summed E-state index contributed by atoms with van der Waals surface area (Å²) in [5.74, 6) is -0.140. The number of amides is 1. The smallest absolute Gasteiger partial charge is 0.242 e. The van der Waals surface area contributed by atoms with Gasteiger partial charge in [0, 0.05) is 30.2 Å². The lowest BCUT2D eigenvalue weighted by Crippen LogP contribution is -2.28. The van der Waals surface area contributed by atoms with E-state index in [1.165, 1.54) is 11.4 Å². The number of carbonyl (C=O) groups excluding carboxylic acids is 1. The number of sulfonamides is 1. The average Bonchev–Trinajstić information content (AvgIpc) is 2.55. The number of halogens is 1. The molecule has 1 N–H and O–H groups in total. The van der Waals surface area contributed by atoms with Crippen molar-refractivity contribution in [2.45, 2.75) is 17.7 Å². The molecule has 7 heteroatoms. The van der Waals surface area contributed by atoms with E-state index in [-0.39, 0.29) is 23.8 Å². The van der Waals surface area contributed by atoms with Crippen LogP contribution >= 0.6 is 15.9 Å². The number of nitrogens with one attached hydrogen (secondary N) is 1. The van der Waals surface area contributed by atoms with Crippen LogP contribution in [0.5, 0.6) is 0 Å². The van der Waals surface area contributed by atoms with Crippen LogP contribution < -0.4 is 5.32 Å². The molecule has 0 saturated heterocycles. The Bertz CT molecular complexity index is 794. The van der Waals surface area contributed by atoms with E-state index in [0.717, 1.165) is 4.47 Å². The van der Waals surface area contributed by atoms with Crippen LogP contribution in [-0.4, -0.2) is 32.2 Å². The van der Waals surface area contributed by atoms with Crippen LogP contribution in [0.25, 0.3) is 0 Å². The van der Waals surface area contributed by atoms with E-state index >= 15 is 0 Å². The molecule has 0 heterocycles. The van der Waals surface area contributed by atoms with Gasteiger partial charge in [-0.15, -0.1) is 0 Å². The first kappa shape index (κ1) is 18.6. The fourth-order valence-corrected chi connectivity index (χ4v) is 3.77. The standard InChI is InChI=1S/C17H19BrN2O3S/c1-20(24(22,23)16-9-3-2-4-10-16)12-6-11-17(21)19-15-8-5-7-14(18)13-15/h2-5,7-10,13H,6,11-12H2,1H3,(H,19,21). The Hall–Kier alpha value is -1.70. The number of anilines is 1. The summed E-state index contributed by atoms with van der Waals surface area (Å²) < 4.78 is 26.9. The maximum Gasteiger partial charge on any atom is 0.242 e. The highest BCUT2D eigenvalue weighted by atomic mass is 79.9. The van der Waals surface area contributed by atoms with Gasteiger partial charge in [-0.2, -0.15) is 0 Å². The van der Waals surface area contributed by atoms with Crippen molar-refractivity contribution in [3.05, 3.63) is 59.1 Å². The van der Waals surface area contributed by atoms with Crippen LogP contribution in [0.4, 0.5) is 5.69 Å². The van der Waals surface area contributed by atoms with E-state index in [2.05, 4.69) is 21.2 Å². The summed E-state index contributed by atoms with van der Waals surface area (Å²) in [7, 11) is -1.98. The van der Waals surface area contributed by atoms with Crippen molar-refractivity contribution in [3.63, 3.8) is 0 Å². The van der Waals surface area contributed by atoms with E-state index in [1.54, 1.807) is 36.4 Å². The highest BCUT2D eigenvalue weighted by Crippen LogP contribution is 2.16. The summed E-state index contributed by atoms with van der Waals surface area (Å²) >= 11 is 3.34. The minimum absolute atomic E-state index is 0.140. The van der Waals surface area contributed by atoms with Crippen molar-refractivity contribution < 1.29 is 13.2 Å².